The number of amides is 1. The number of primary amides is 1. The van der Waals surface area contributed by atoms with E-state index in [0.717, 1.165) is 58.4 Å². The van der Waals surface area contributed by atoms with Crippen LogP contribution in [0.4, 0.5) is 0 Å². The summed E-state index contributed by atoms with van der Waals surface area (Å²) < 4.78 is 0. The second-order valence-corrected chi connectivity index (χ2v) is 8.09. The van der Waals surface area contributed by atoms with Gasteiger partial charge < -0.3 is 11.5 Å². The van der Waals surface area contributed by atoms with Crippen molar-refractivity contribution < 1.29 is 4.79 Å². The van der Waals surface area contributed by atoms with Gasteiger partial charge in [0.15, 0.2) is 0 Å². The van der Waals surface area contributed by atoms with Crippen LogP contribution in [-0.4, -0.2) is 27.6 Å². The Bertz CT molecular complexity index is 1240. The quantitative estimate of drug-likeness (QED) is 0.702. The Hall–Kier alpha value is -3.54. The predicted molar refractivity (Wildman–Crippen MR) is 119 cm³/mol. The molecule has 1 aliphatic carbocycles. The smallest absolute Gasteiger partial charge is 0.248 e. The molecular weight excluding hydrogens is 374 g/mol. The zero-order chi connectivity index (χ0) is 20.8. The zero-order valence-electron chi connectivity index (χ0n) is 16.8. The number of hydrogen-bond acceptors (Lipinski definition) is 5. The summed E-state index contributed by atoms with van der Waals surface area (Å²) in [4.78, 5) is 25.9. The maximum Gasteiger partial charge on any atom is 0.248 e. The minimum absolute atomic E-state index is 0.368. The Labute approximate surface area is 174 Å². The van der Waals surface area contributed by atoms with E-state index in [-0.39, 0.29) is 0 Å². The third kappa shape index (κ3) is 3.05. The minimum atomic E-state index is -0.470. The number of aliphatic imine (C=N–C) groups is 1. The molecule has 1 aliphatic heterocycles. The number of pyridine rings is 2. The van der Waals surface area contributed by atoms with Gasteiger partial charge in [0, 0.05) is 40.0 Å². The van der Waals surface area contributed by atoms with Gasteiger partial charge >= 0.3 is 0 Å². The SMILES string of the molecule is Cc1cccc(C(N)=C(C2=NC3CCC2C3)c2ccnc3ccc(C(N)=O)cc23)n1. The van der Waals surface area contributed by atoms with E-state index >= 15 is 0 Å². The molecule has 1 aromatic carbocycles. The number of nitrogens with zero attached hydrogens (tertiary/aromatic N) is 3. The summed E-state index contributed by atoms with van der Waals surface area (Å²) in [6.07, 6.45) is 5.10. The van der Waals surface area contributed by atoms with E-state index in [2.05, 4.69) is 9.97 Å². The molecule has 3 aromatic rings. The van der Waals surface area contributed by atoms with Crippen LogP contribution < -0.4 is 11.5 Å². The lowest BCUT2D eigenvalue weighted by molar-refractivity contribution is 0.100. The van der Waals surface area contributed by atoms with Crippen LogP contribution in [0.1, 0.15) is 46.6 Å². The molecule has 2 aromatic heterocycles. The van der Waals surface area contributed by atoms with Crippen LogP contribution in [0.2, 0.25) is 0 Å². The van der Waals surface area contributed by atoms with Crippen molar-refractivity contribution in [3.05, 3.63) is 71.2 Å². The largest absolute Gasteiger partial charge is 0.396 e. The van der Waals surface area contributed by atoms with Crippen LogP contribution >= 0.6 is 0 Å². The summed E-state index contributed by atoms with van der Waals surface area (Å²) in [5.41, 5.74) is 18.6. The van der Waals surface area contributed by atoms with E-state index in [1.165, 1.54) is 0 Å². The molecule has 30 heavy (non-hydrogen) atoms. The first kappa shape index (κ1) is 18.5. The van der Waals surface area contributed by atoms with E-state index in [4.69, 9.17) is 16.5 Å². The third-order valence-electron chi connectivity index (χ3n) is 6.10. The number of fused-ring (bicyclic) bond motifs is 3. The van der Waals surface area contributed by atoms with Gasteiger partial charge in [0.05, 0.1) is 22.9 Å². The van der Waals surface area contributed by atoms with Crippen molar-refractivity contribution in [2.24, 2.45) is 22.4 Å². The Kier molecular flexibility index (Phi) is 4.35. The Morgan fingerprint density at radius 1 is 1.10 bits per heavy atom. The number of aromatic nitrogens is 2. The average Bonchev–Trinajstić information content (AvgIpc) is 3.37. The number of carbonyl (C=O) groups is 1. The first-order chi connectivity index (χ1) is 14.5. The van der Waals surface area contributed by atoms with Gasteiger partial charge in [0.25, 0.3) is 0 Å². The average molecular weight is 397 g/mol. The summed E-state index contributed by atoms with van der Waals surface area (Å²) in [7, 11) is 0. The molecule has 150 valence electrons. The normalized spacial score (nSPS) is 20.9. The molecule has 1 fully saturated rings. The van der Waals surface area contributed by atoms with E-state index in [0.29, 0.717) is 23.2 Å². The van der Waals surface area contributed by atoms with Gasteiger partial charge in [0.2, 0.25) is 5.91 Å². The molecule has 5 rings (SSSR count). The van der Waals surface area contributed by atoms with Crippen molar-refractivity contribution in [1.82, 2.24) is 9.97 Å². The number of benzene rings is 1. The second-order valence-electron chi connectivity index (χ2n) is 8.09. The van der Waals surface area contributed by atoms with Gasteiger partial charge in [-0.3, -0.25) is 19.8 Å². The molecule has 2 aliphatic rings. The van der Waals surface area contributed by atoms with Crippen LogP contribution in [0.3, 0.4) is 0 Å². The minimum Gasteiger partial charge on any atom is -0.396 e. The van der Waals surface area contributed by atoms with Crippen molar-refractivity contribution in [1.29, 1.82) is 0 Å². The highest BCUT2D eigenvalue weighted by atomic mass is 16.1. The maximum atomic E-state index is 11.8. The number of hydrogen-bond donors (Lipinski definition) is 2. The molecule has 1 amide bonds. The van der Waals surface area contributed by atoms with Crippen molar-refractivity contribution in [3.63, 3.8) is 0 Å². The zero-order valence-corrected chi connectivity index (χ0v) is 16.8. The van der Waals surface area contributed by atoms with E-state index in [1.54, 1.807) is 18.3 Å². The van der Waals surface area contributed by atoms with Crippen LogP contribution in [0.25, 0.3) is 22.2 Å². The summed E-state index contributed by atoms with van der Waals surface area (Å²) in [5.74, 6) is -0.0706. The molecule has 6 heteroatoms. The molecule has 0 saturated heterocycles. The highest BCUT2D eigenvalue weighted by Gasteiger charge is 2.37. The molecule has 2 atom stereocenters. The Morgan fingerprint density at radius 3 is 2.67 bits per heavy atom. The molecule has 0 spiro atoms. The standard InChI is InChI=1S/C24H23N5O/c1-13-3-2-4-20(28-13)22(25)21(23-14-5-7-16(11-14)29-23)17-9-10-27-19-8-6-15(24(26)30)12-18(17)19/h2-4,6,8-10,12,14,16H,5,7,11,25H2,1H3,(H2,26,30). The van der Waals surface area contributed by atoms with E-state index in [1.807, 2.05) is 37.3 Å². The summed E-state index contributed by atoms with van der Waals surface area (Å²) >= 11 is 0. The van der Waals surface area contributed by atoms with Gasteiger partial charge in [-0.15, -0.1) is 0 Å². The molecule has 1 saturated carbocycles. The molecule has 4 N–H and O–H groups in total. The summed E-state index contributed by atoms with van der Waals surface area (Å²) in [5, 5.41) is 0.838. The molecule has 0 radical (unpaired) electrons. The second kappa shape index (κ2) is 7.06. The molecule has 3 heterocycles. The molecule has 6 nitrogen and oxygen atoms in total. The van der Waals surface area contributed by atoms with Crippen molar-refractivity contribution in [3.8, 4) is 0 Å². The first-order valence-electron chi connectivity index (χ1n) is 10.2. The lowest BCUT2D eigenvalue weighted by Gasteiger charge is -2.20. The lowest BCUT2D eigenvalue weighted by atomic mass is 9.87. The lowest BCUT2D eigenvalue weighted by Crippen LogP contribution is -2.17. The van der Waals surface area contributed by atoms with E-state index in [9.17, 15) is 4.79 Å². The van der Waals surface area contributed by atoms with Crippen molar-refractivity contribution >= 4 is 33.8 Å². The Balaban J connectivity index is 1.80. The third-order valence-corrected chi connectivity index (χ3v) is 6.10. The fraction of sp³-hybridized carbons (Fsp3) is 0.250. The summed E-state index contributed by atoms with van der Waals surface area (Å²) in [6, 6.07) is 13.5. The number of rotatable bonds is 4. The van der Waals surface area contributed by atoms with Crippen LogP contribution in [0.15, 0.2) is 53.7 Å². The van der Waals surface area contributed by atoms with E-state index < -0.39 is 5.91 Å². The summed E-state index contributed by atoms with van der Waals surface area (Å²) in [6.45, 7) is 1.95. The molecular formula is C24H23N5O. The first-order valence-corrected chi connectivity index (χ1v) is 10.2. The number of nitrogens with two attached hydrogens (primary N) is 2. The topological polar surface area (TPSA) is 107 Å². The molecule has 2 bridgehead atoms. The van der Waals surface area contributed by atoms with Crippen LogP contribution in [-0.2, 0) is 0 Å². The van der Waals surface area contributed by atoms with Crippen LogP contribution in [0, 0.1) is 12.8 Å². The number of carbonyl (C=O) groups excluding carboxylic acids is 1. The monoisotopic (exact) mass is 397 g/mol. The van der Waals surface area contributed by atoms with Crippen LogP contribution in [0.5, 0.6) is 0 Å². The highest BCUT2D eigenvalue weighted by molar-refractivity contribution is 6.33. The fourth-order valence-corrected chi connectivity index (χ4v) is 4.65. The number of allylic oxidation sites excluding steroid dienone is 1. The van der Waals surface area contributed by atoms with Gasteiger partial charge in [-0.25, -0.2) is 0 Å². The Morgan fingerprint density at radius 2 is 1.97 bits per heavy atom. The molecule has 2 unspecified atom stereocenters. The van der Waals surface area contributed by atoms with Gasteiger partial charge in [0.1, 0.15) is 0 Å². The number of aryl methyl sites for hydroxylation is 1. The fourth-order valence-electron chi connectivity index (χ4n) is 4.65. The maximum absolute atomic E-state index is 11.8. The van der Waals surface area contributed by atoms with Crippen molar-refractivity contribution in [2.45, 2.75) is 32.2 Å². The predicted octanol–water partition coefficient (Wildman–Crippen LogP) is 3.49. The van der Waals surface area contributed by atoms with Gasteiger partial charge in [-0.05, 0) is 68.1 Å². The van der Waals surface area contributed by atoms with Gasteiger partial charge in [-0.2, -0.15) is 0 Å². The van der Waals surface area contributed by atoms with Gasteiger partial charge in [-0.1, -0.05) is 6.07 Å². The van der Waals surface area contributed by atoms with Crippen molar-refractivity contribution in [2.75, 3.05) is 0 Å². The highest BCUT2D eigenvalue weighted by Crippen LogP contribution is 2.42.